The number of nitrogens with one attached hydrogen (secondary N) is 2. The second-order valence-corrected chi connectivity index (χ2v) is 6.97. The highest BCUT2D eigenvalue weighted by atomic mass is 35.5. The first-order valence-corrected chi connectivity index (χ1v) is 9.08. The van der Waals surface area contributed by atoms with E-state index in [9.17, 15) is 14.7 Å². The quantitative estimate of drug-likeness (QED) is 0.660. The van der Waals surface area contributed by atoms with Gasteiger partial charge in [-0.3, -0.25) is 0 Å². The second kappa shape index (κ2) is 7.89. The van der Waals surface area contributed by atoms with E-state index in [4.69, 9.17) is 21.0 Å². The number of fused-ring (bicyclic) bond motifs is 1. The van der Waals surface area contributed by atoms with Crippen LogP contribution in [0.4, 0.5) is 21.8 Å². The molecular formula is C17H16BClFN5O3. The molecule has 1 aromatic heterocycles. The van der Waals surface area contributed by atoms with Gasteiger partial charge in [0.15, 0.2) is 11.6 Å². The van der Waals surface area contributed by atoms with Crippen LogP contribution in [0.3, 0.4) is 0 Å². The number of ether oxygens (including phenoxy) is 1. The maximum Gasteiger partial charge on any atom is 0.493 e. The second-order valence-electron chi connectivity index (χ2n) is 6.56. The van der Waals surface area contributed by atoms with Crippen molar-refractivity contribution >= 4 is 41.6 Å². The van der Waals surface area contributed by atoms with Crippen LogP contribution < -0.4 is 16.1 Å². The van der Waals surface area contributed by atoms with Crippen molar-refractivity contribution in [3.05, 3.63) is 34.7 Å². The molecule has 3 N–H and O–H groups in total. The van der Waals surface area contributed by atoms with Crippen LogP contribution in [0.1, 0.15) is 12.0 Å². The van der Waals surface area contributed by atoms with Crippen molar-refractivity contribution < 1.29 is 18.8 Å². The summed E-state index contributed by atoms with van der Waals surface area (Å²) in [5.41, 5.74) is 1.86. The van der Waals surface area contributed by atoms with Gasteiger partial charge in [0.05, 0.1) is 37.4 Å². The molecule has 1 saturated heterocycles. The summed E-state index contributed by atoms with van der Waals surface area (Å²) < 4.78 is 24.7. The Bertz CT molecular complexity index is 944. The molecule has 28 heavy (non-hydrogen) atoms. The molecule has 0 spiro atoms. The predicted octanol–water partition coefficient (Wildman–Crippen LogP) is 1.57. The van der Waals surface area contributed by atoms with Crippen molar-refractivity contribution in [1.82, 2.24) is 9.97 Å². The molecule has 2 aromatic rings. The van der Waals surface area contributed by atoms with E-state index >= 15 is 0 Å². The monoisotopic (exact) mass is 403 g/mol. The maximum atomic E-state index is 14.2. The van der Waals surface area contributed by atoms with Crippen molar-refractivity contribution in [3.8, 4) is 6.07 Å². The molecule has 3 heterocycles. The van der Waals surface area contributed by atoms with Crippen LogP contribution in [-0.4, -0.2) is 41.4 Å². The number of benzene rings is 1. The average molecular weight is 404 g/mol. The molecule has 0 saturated carbocycles. The van der Waals surface area contributed by atoms with Gasteiger partial charge < -0.3 is 25.0 Å². The fourth-order valence-corrected chi connectivity index (χ4v) is 3.60. The molecule has 8 nitrogen and oxygen atoms in total. The molecule has 0 radical (unpaired) electrons. The number of halogens is 2. The minimum atomic E-state index is -1.04. The van der Waals surface area contributed by atoms with E-state index in [1.54, 1.807) is 12.1 Å². The van der Waals surface area contributed by atoms with E-state index in [-0.39, 0.29) is 30.3 Å². The lowest BCUT2D eigenvalue weighted by Crippen LogP contribution is -2.38. The van der Waals surface area contributed by atoms with Gasteiger partial charge >= 0.3 is 7.12 Å². The summed E-state index contributed by atoms with van der Waals surface area (Å²) in [5.74, 6) is -0.776. The normalized spacial score (nSPS) is 21.1. The lowest BCUT2D eigenvalue weighted by molar-refractivity contribution is 0.0697. The molecule has 2 aliphatic rings. The number of hydrogen-bond acceptors (Lipinski definition) is 8. The first-order valence-electron chi connectivity index (χ1n) is 8.70. The number of rotatable bonds is 4. The summed E-state index contributed by atoms with van der Waals surface area (Å²) in [6.07, 6.45) is 1.62. The Morgan fingerprint density at radius 3 is 3.11 bits per heavy atom. The molecule has 1 aromatic carbocycles. The molecule has 4 rings (SSSR count). The Labute approximate surface area is 165 Å². The summed E-state index contributed by atoms with van der Waals surface area (Å²) in [5, 5.41) is 25.3. The Kier molecular flexibility index (Phi) is 5.32. The van der Waals surface area contributed by atoms with Gasteiger partial charge in [0.2, 0.25) is 5.95 Å². The minimum Gasteiger partial charge on any atom is -0.423 e. The lowest BCUT2D eigenvalue weighted by atomic mass is 9.79. The third-order valence-corrected chi connectivity index (χ3v) is 5.02. The Hall–Kier alpha value is -2.45. The number of anilines is 3. The molecule has 0 amide bonds. The highest BCUT2D eigenvalue weighted by Gasteiger charge is 2.30. The Balaban J connectivity index is 1.55. The fourth-order valence-electron chi connectivity index (χ4n) is 3.26. The van der Waals surface area contributed by atoms with Gasteiger partial charge in [0, 0.05) is 22.8 Å². The first kappa shape index (κ1) is 18.9. The van der Waals surface area contributed by atoms with Crippen molar-refractivity contribution in [2.75, 3.05) is 23.8 Å². The summed E-state index contributed by atoms with van der Waals surface area (Å²) in [6.45, 7) is 1.04. The van der Waals surface area contributed by atoms with E-state index in [2.05, 4.69) is 26.7 Å². The summed E-state index contributed by atoms with van der Waals surface area (Å²) in [6, 6.07) is 5.23. The van der Waals surface area contributed by atoms with Crippen molar-refractivity contribution in [2.45, 2.75) is 19.1 Å². The number of aromatic nitrogens is 2. The molecule has 11 heteroatoms. The standard InChI is InChI=1S/C17H16BClFN5O3/c19-12-4-11(3-10-7-28-18(26)15(10)12)23-17-22-6-13(20)16(25-17)24-14-8-27-2-1-9(14)5-21/h3-4,6,9,14,26H,1-2,7-8H2,(H2,22,23,24,25). The molecule has 2 atom stereocenters. The molecule has 0 bridgehead atoms. The van der Waals surface area contributed by atoms with Crippen LogP contribution in [0.2, 0.25) is 5.02 Å². The maximum absolute atomic E-state index is 14.2. The average Bonchev–Trinajstić information content (AvgIpc) is 3.06. The van der Waals surface area contributed by atoms with E-state index in [0.717, 1.165) is 11.8 Å². The van der Waals surface area contributed by atoms with Crippen LogP contribution >= 0.6 is 11.6 Å². The predicted molar refractivity (Wildman–Crippen MR) is 101 cm³/mol. The minimum absolute atomic E-state index is 0.0146. The highest BCUT2D eigenvalue weighted by Crippen LogP contribution is 2.25. The van der Waals surface area contributed by atoms with Gasteiger partial charge in [-0.05, 0) is 24.1 Å². The first-order chi connectivity index (χ1) is 13.5. The zero-order valence-electron chi connectivity index (χ0n) is 14.7. The summed E-state index contributed by atoms with van der Waals surface area (Å²) in [7, 11) is -1.04. The Morgan fingerprint density at radius 2 is 2.29 bits per heavy atom. The van der Waals surface area contributed by atoms with E-state index < -0.39 is 12.9 Å². The molecule has 0 aliphatic carbocycles. The van der Waals surface area contributed by atoms with Crippen LogP contribution in [0.25, 0.3) is 0 Å². The van der Waals surface area contributed by atoms with Gasteiger partial charge in [-0.1, -0.05) is 11.6 Å². The van der Waals surface area contributed by atoms with E-state index in [1.807, 2.05) is 0 Å². The number of hydrogen-bond donors (Lipinski definition) is 3. The van der Waals surface area contributed by atoms with Crippen LogP contribution in [0, 0.1) is 23.1 Å². The smallest absolute Gasteiger partial charge is 0.423 e. The van der Waals surface area contributed by atoms with Crippen molar-refractivity contribution in [1.29, 1.82) is 5.26 Å². The SMILES string of the molecule is N#CC1CCOCC1Nc1nc(Nc2cc(Cl)c3c(c2)COB3O)ncc1F. The van der Waals surface area contributed by atoms with E-state index in [0.29, 0.717) is 35.8 Å². The zero-order valence-corrected chi connectivity index (χ0v) is 15.4. The van der Waals surface area contributed by atoms with Crippen molar-refractivity contribution in [3.63, 3.8) is 0 Å². The molecule has 2 unspecified atom stereocenters. The van der Waals surface area contributed by atoms with Gasteiger partial charge in [0.25, 0.3) is 0 Å². The van der Waals surface area contributed by atoms with Gasteiger partial charge in [-0.15, -0.1) is 0 Å². The van der Waals surface area contributed by atoms with Crippen LogP contribution in [0.15, 0.2) is 18.3 Å². The number of nitrogens with zero attached hydrogens (tertiary/aromatic N) is 3. The Morgan fingerprint density at radius 1 is 1.43 bits per heavy atom. The molecular weight excluding hydrogens is 387 g/mol. The van der Waals surface area contributed by atoms with E-state index in [1.165, 1.54) is 0 Å². The molecule has 1 fully saturated rings. The van der Waals surface area contributed by atoms with Gasteiger partial charge in [-0.25, -0.2) is 9.37 Å². The highest BCUT2D eigenvalue weighted by molar-refractivity contribution is 6.65. The van der Waals surface area contributed by atoms with Crippen LogP contribution in [-0.2, 0) is 16.0 Å². The fraction of sp³-hybridized carbons (Fsp3) is 0.353. The third-order valence-electron chi connectivity index (χ3n) is 4.70. The van der Waals surface area contributed by atoms with Gasteiger partial charge in [-0.2, -0.15) is 10.2 Å². The largest absolute Gasteiger partial charge is 0.493 e. The lowest BCUT2D eigenvalue weighted by Gasteiger charge is -2.28. The molecule has 2 aliphatic heterocycles. The third kappa shape index (κ3) is 3.75. The topological polar surface area (TPSA) is 112 Å². The summed E-state index contributed by atoms with van der Waals surface area (Å²) >= 11 is 6.22. The number of nitriles is 1. The van der Waals surface area contributed by atoms with Gasteiger partial charge in [0.1, 0.15) is 0 Å². The molecule has 144 valence electrons. The summed E-state index contributed by atoms with van der Waals surface area (Å²) in [4.78, 5) is 8.12. The zero-order chi connectivity index (χ0) is 19.7. The van der Waals surface area contributed by atoms with Crippen LogP contribution in [0.5, 0.6) is 0 Å². The van der Waals surface area contributed by atoms with Crippen molar-refractivity contribution in [2.24, 2.45) is 5.92 Å².